The SMILES string of the molecule is CC(=O)C1(OC(=O)c2ccccc2)C(O)=CC(C(=O)O)=C(C(=O)c2ccccc2)C1OC(=O)c1ccccc1. The van der Waals surface area contributed by atoms with Gasteiger partial charge in [-0.25, -0.2) is 14.4 Å². The van der Waals surface area contributed by atoms with Gasteiger partial charge in [0.2, 0.25) is 0 Å². The van der Waals surface area contributed by atoms with Crippen LogP contribution < -0.4 is 0 Å². The standard InChI is InChI=1S/C30H22O9/c1-18(31)30(39-29(37)21-15-9-4-10-16-21)23(32)17-22(27(34)35)24(25(33)19-11-5-2-6-12-19)26(30)38-28(36)20-13-7-3-8-14-20/h2-17,26,32H,1H3,(H,34,35). The summed E-state index contributed by atoms with van der Waals surface area (Å²) in [6, 6.07) is 22.5. The molecule has 0 aromatic heterocycles. The number of carboxylic acids is 1. The molecule has 0 amide bonds. The van der Waals surface area contributed by atoms with Crippen molar-refractivity contribution in [3.8, 4) is 0 Å². The summed E-state index contributed by atoms with van der Waals surface area (Å²) in [7, 11) is 0. The fraction of sp³-hybridized carbons (Fsp3) is 0.100. The van der Waals surface area contributed by atoms with E-state index in [-0.39, 0.29) is 16.7 Å². The lowest BCUT2D eigenvalue weighted by Crippen LogP contribution is -2.58. The maximum absolute atomic E-state index is 13.7. The summed E-state index contributed by atoms with van der Waals surface area (Å²) in [4.78, 5) is 65.6. The molecule has 3 aromatic rings. The lowest BCUT2D eigenvalue weighted by Gasteiger charge is -2.40. The van der Waals surface area contributed by atoms with Crippen molar-refractivity contribution in [2.45, 2.75) is 18.6 Å². The van der Waals surface area contributed by atoms with E-state index >= 15 is 0 Å². The average molecular weight is 526 g/mol. The predicted molar refractivity (Wildman–Crippen MR) is 137 cm³/mol. The van der Waals surface area contributed by atoms with Gasteiger partial charge in [0.1, 0.15) is 5.76 Å². The Balaban J connectivity index is 1.95. The van der Waals surface area contributed by atoms with E-state index in [0.29, 0.717) is 6.08 Å². The molecule has 2 unspecified atom stereocenters. The summed E-state index contributed by atoms with van der Waals surface area (Å²) in [6.07, 6.45) is -1.50. The number of ether oxygens (including phenoxy) is 2. The largest absolute Gasteiger partial charge is 0.507 e. The van der Waals surface area contributed by atoms with Gasteiger partial charge in [0.05, 0.1) is 22.3 Å². The number of carbonyl (C=O) groups excluding carboxylic acids is 4. The van der Waals surface area contributed by atoms with Gasteiger partial charge in [0.15, 0.2) is 17.7 Å². The van der Waals surface area contributed by atoms with Crippen molar-refractivity contribution < 1.29 is 43.7 Å². The second-order valence-electron chi connectivity index (χ2n) is 8.56. The number of carbonyl (C=O) groups is 5. The topological polar surface area (TPSA) is 144 Å². The molecule has 2 atom stereocenters. The zero-order valence-electron chi connectivity index (χ0n) is 20.6. The molecule has 0 saturated heterocycles. The summed E-state index contributed by atoms with van der Waals surface area (Å²) >= 11 is 0. The van der Waals surface area contributed by atoms with E-state index in [1.165, 1.54) is 72.8 Å². The van der Waals surface area contributed by atoms with E-state index in [4.69, 9.17) is 9.47 Å². The zero-order chi connectivity index (χ0) is 28.2. The van der Waals surface area contributed by atoms with Crippen LogP contribution in [0.15, 0.2) is 114 Å². The lowest BCUT2D eigenvalue weighted by atomic mass is 9.76. The summed E-state index contributed by atoms with van der Waals surface area (Å²) in [5.74, 6) is -6.74. The minimum absolute atomic E-state index is 0.00164. The fourth-order valence-corrected chi connectivity index (χ4v) is 4.18. The van der Waals surface area contributed by atoms with Gasteiger partial charge in [-0.05, 0) is 37.3 Å². The molecule has 1 aliphatic rings. The molecular weight excluding hydrogens is 504 g/mol. The van der Waals surface area contributed by atoms with Crippen LogP contribution in [-0.2, 0) is 19.1 Å². The van der Waals surface area contributed by atoms with E-state index < -0.39 is 58.1 Å². The smallest absolute Gasteiger partial charge is 0.339 e. The number of rotatable bonds is 8. The first-order valence-electron chi connectivity index (χ1n) is 11.7. The number of aliphatic hydroxyl groups is 1. The molecule has 1 aliphatic carbocycles. The summed E-state index contributed by atoms with van der Waals surface area (Å²) in [5, 5.41) is 21.1. The Labute approximate surface area is 222 Å². The Morgan fingerprint density at radius 3 is 1.64 bits per heavy atom. The van der Waals surface area contributed by atoms with Crippen LogP contribution >= 0.6 is 0 Å². The number of esters is 2. The van der Waals surface area contributed by atoms with Crippen LogP contribution in [-0.4, -0.2) is 51.4 Å². The number of benzene rings is 3. The second-order valence-corrected chi connectivity index (χ2v) is 8.56. The maximum atomic E-state index is 13.7. The monoisotopic (exact) mass is 526 g/mol. The van der Waals surface area contributed by atoms with Crippen LogP contribution in [0.2, 0.25) is 0 Å². The van der Waals surface area contributed by atoms with E-state index in [9.17, 15) is 34.2 Å². The molecule has 4 rings (SSSR count). The van der Waals surface area contributed by atoms with Crippen molar-refractivity contribution in [3.63, 3.8) is 0 Å². The van der Waals surface area contributed by atoms with Crippen molar-refractivity contribution >= 4 is 29.5 Å². The number of Topliss-reactive ketones (excluding diaryl/α,β-unsaturated/α-hetero) is 2. The van der Waals surface area contributed by atoms with Crippen LogP contribution in [0, 0.1) is 0 Å². The third-order valence-electron chi connectivity index (χ3n) is 6.11. The van der Waals surface area contributed by atoms with Crippen LogP contribution in [0.5, 0.6) is 0 Å². The summed E-state index contributed by atoms with van der Waals surface area (Å²) in [6.45, 7) is 0.960. The molecule has 0 fully saturated rings. The summed E-state index contributed by atoms with van der Waals surface area (Å²) in [5.41, 5.74) is -4.17. The van der Waals surface area contributed by atoms with Crippen molar-refractivity contribution in [2.75, 3.05) is 0 Å². The van der Waals surface area contributed by atoms with E-state index in [0.717, 1.165) is 6.92 Å². The summed E-state index contributed by atoms with van der Waals surface area (Å²) < 4.78 is 11.2. The van der Waals surface area contributed by atoms with Gasteiger partial charge in [-0.3, -0.25) is 9.59 Å². The van der Waals surface area contributed by atoms with Crippen LogP contribution in [0.1, 0.15) is 38.0 Å². The Morgan fingerprint density at radius 1 is 0.718 bits per heavy atom. The molecule has 3 aromatic carbocycles. The number of carboxylic acid groups (broad SMARTS) is 1. The normalized spacial score (nSPS) is 18.5. The molecule has 0 heterocycles. The maximum Gasteiger partial charge on any atom is 0.339 e. The Hall–Kier alpha value is -5.31. The van der Waals surface area contributed by atoms with Gasteiger partial charge < -0.3 is 19.7 Å². The highest BCUT2D eigenvalue weighted by Crippen LogP contribution is 2.40. The highest BCUT2D eigenvalue weighted by atomic mass is 16.6. The first-order valence-corrected chi connectivity index (χ1v) is 11.7. The lowest BCUT2D eigenvalue weighted by molar-refractivity contribution is -0.146. The minimum atomic E-state index is -2.77. The Bertz CT molecular complexity index is 1510. The van der Waals surface area contributed by atoms with Crippen molar-refractivity contribution in [1.82, 2.24) is 0 Å². The highest BCUT2D eigenvalue weighted by Gasteiger charge is 2.59. The molecule has 9 nitrogen and oxygen atoms in total. The van der Waals surface area contributed by atoms with Crippen molar-refractivity contribution in [2.24, 2.45) is 0 Å². The van der Waals surface area contributed by atoms with Crippen molar-refractivity contribution in [1.29, 1.82) is 0 Å². The van der Waals surface area contributed by atoms with Crippen LogP contribution in [0.4, 0.5) is 0 Å². The molecule has 0 bridgehead atoms. The average Bonchev–Trinajstić information content (AvgIpc) is 2.95. The highest BCUT2D eigenvalue weighted by molar-refractivity contribution is 6.16. The van der Waals surface area contributed by atoms with Crippen LogP contribution in [0.3, 0.4) is 0 Å². The molecule has 196 valence electrons. The molecule has 0 aliphatic heterocycles. The number of aliphatic carboxylic acids is 1. The fourth-order valence-electron chi connectivity index (χ4n) is 4.18. The molecule has 39 heavy (non-hydrogen) atoms. The minimum Gasteiger partial charge on any atom is -0.507 e. The number of hydrogen-bond acceptors (Lipinski definition) is 8. The number of aliphatic hydroxyl groups excluding tert-OH is 1. The molecule has 0 radical (unpaired) electrons. The third-order valence-corrected chi connectivity index (χ3v) is 6.11. The van der Waals surface area contributed by atoms with Gasteiger partial charge in [-0.1, -0.05) is 66.7 Å². The molecule has 2 N–H and O–H groups in total. The molecule has 9 heteroatoms. The van der Waals surface area contributed by atoms with Gasteiger partial charge in [-0.2, -0.15) is 0 Å². The van der Waals surface area contributed by atoms with Gasteiger partial charge in [0, 0.05) is 5.56 Å². The third kappa shape index (κ3) is 5.10. The first-order chi connectivity index (χ1) is 18.7. The van der Waals surface area contributed by atoms with Gasteiger partial charge in [0.25, 0.3) is 5.60 Å². The molecule has 0 spiro atoms. The first kappa shape index (κ1) is 26.7. The van der Waals surface area contributed by atoms with E-state index in [2.05, 4.69) is 0 Å². The number of hydrogen-bond donors (Lipinski definition) is 2. The predicted octanol–water partition coefficient (Wildman–Crippen LogP) is 4.12. The van der Waals surface area contributed by atoms with Gasteiger partial charge in [-0.15, -0.1) is 0 Å². The zero-order valence-corrected chi connectivity index (χ0v) is 20.6. The van der Waals surface area contributed by atoms with Crippen LogP contribution in [0.25, 0.3) is 0 Å². The quantitative estimate of drug-likeness (QED) is 0.327. The van der Waals surface area contributed by atoms with E-state index in [1.54, 1.807) is 18.2 Å². The Morgan fingerprint density at radius 2 is 1.18 bits per heavy atom. The molecular formula is C30H22O9. The molecule has 0 saturated carbocycles. The van der Waals surface area contributed by atoms with E-state index in [1.807, 2.05) is 0 Å². The van der Waals surface area contributed by atoms with Gasteiger partial charge >= 0.3 is 17.9 Å². The number of ketones is 2. The van der Waals surface area contributed by atoms with Crippen molar-refractivity contribution in [3.05, 3.63) is 131 Å². The Kier molecular flexibility index (Phi) is 7.53. The second kappa shape index (κ2) is 11.0.